The van der Waals surface area contributed by atoms with Gasteiger partial charge in [-0.2, -0.15) is 13.2 Å². The zero-order chi connectivity index (χ0) is 15.2. The highest BCUT2D eigenvalue weighted by Gasteiger charge is 2.30. The van der Waals surface area contributed by atoms with E-state index in [1.807, 2.05) is 0 Å². The SMILES string of the molecule is Cc1c(N)cc(-c2ccc(C(F)(F)F)cc2)c2ncoc12. The first-order valence-corrected chi connectivity index (χ1v) is 6.18. The Kier molecular flexibility index (Phi) is 2.90. The van der Waals surface area contributed by atoms with E-state index < -0.39 is 11.7 Å². The van der Waals surface area contributed by atoms with Gasteiger partial charge in [0.2, 0.25) is 0 Å². The fourth-order valence-electron chi connectivity index (χ4n) is 2.23. The first-order chi connectivity index (χ1) is 9.88. The van der Waals surface area contributed by atoms with E-state index in [4.69, 9.17) is 10.2 Å². The smallest absolute Gasteiger partial charge is 0.416 e. The zero-order valence-corrected chi connectivity index (χ0v) is 11.0. The molecule has 1 heterocycles. The van der Waals surface area contributed by atoms with E-state index in [9.17, 15) is 13.2 Å². The van der Waals surface area contributed by atoms with Crippen molar-refractivity contribution in [1.82, 2.24) is 4.98 Å². The van der Waals surface area contributed by atoms with Crippen LogP contribution in [0.4, 0.5) is 18.9 Å². The highest BCUT2D eigenvalue weighted by molar-refractivity contribution is 5.95. The van der Waals surface area contributed by atoms with Crippen molar-refractivity contribution in [3.63, 3.8) is 0 Å². The molecule has 0 saturated carbocycles. The quantitative estimate of drug-likeness (QED) is 0.676. The van der Waals surface area contributed by atoms with Crippen molar-refractivity contribution in [3.05, 3.63) is 47.9 Å². The molecule has 0 amide bonds. The molecule has 0 bridgehead atoms. The van der Waals surface area contributed by atoms with Crippen molar-refractivity contribution >= 4 is 16.8 Å². The van der Waals surface area contributed by atoms with Gasteiger partial charge in [-0.05, 0) is 30.7 Å². The van der Waals surface area contributed by atoms with Crippen LogP contribution in [0.15, 0.2) is 41.1 Å². The van der Waals surface area contributed by atoms with E-state index in [0.29, 0.717) is 27.9 Å². The molecule has 0 saturated heterocycles. The molecule has 0 radical (unpaired) electrons. The number of alkyl halides is 3. The Bertz CT molecular complexity index is 804. The summed E-state index contributed by atoms with van der Waals surface area (Å²) in [7, 11) is 0. The Hall–Kier alpha value is -2.50. The number of aromatic nitrogens is 1. The van der Waals surface area contributed by atoms with Crippen molar-refractivity contribution in [3.8, 4) is 11.1 Å². The fourth-order valence-corrected chi connectivity index (χ4v) is 2.23. The van der Waals surface area contributed by atoms with Gasteiger partial charge in [0.05, 0.1) is 5.56 Å². The summed E-state index contributed by atoms with van der Waals surface area (Å²) in [4.78, 5) is 4.12. The molecule has 1 aromatic heterocycles. The zero-order valence-electron chi connectivity index (χ0n) is 11.0. The van der Waals surface area contributed by atoms with Gasteiger partial charge in [-0.15, -0.1) is 0 Å². The molecule has 108 valence electrons. The second kappa shape index (κ2) is 4.51. The number of nitrogens with zero attached hydrogens (tertiary/aromatic N) is 1. The number of nitrogen functional groups attached to an aromatic ring is 1. The lowest BCUT2D eigenvalue weighted by molar-refractivity contribution is -0.137. The maximum absolute atomic E-state index is 12.6. The van der Waals surface area contributed by atoms with Crippen LogP contribution in [0.25, 0.3) is 22.2 Å². The van der Waals surface area contributed by atoms with Crippen molar-refractivity contribution < 1.29 is 17.6 Å². The lowest BCUT2D eigenvalue weighted by Crippen LogP contribution is -2.04. The van der Waals surface area contributed by atoms with Crippen LogP contribution < -0.4 is 5.73 Å². The molecule has 0 atom stereocenters. The normalized spacial score (nSPS) is 12.0. The van der Waals surface area contributed by atoms with E-state index in [2.05, 4.69) is 4.98 Å². The number of anilines is 1. The van der Waals surface area contributed by atoms with Crippen molar-refractivity contribution in [1.29, 1.82) is 0 Å². The maximum Gasteiger partial charge on any atom is 0.416 e. The number of oxazole rings is 1. The Balaban J connectivity index is 2.17. The lowest BCUT2D eigenvalue weighted by Gasteiger charge is -2.09. The first-order valence-electron chi connectivity index (χ1n) is 6.18. The summed E-state index contributed by atoms with van der Waals surface area (Å²) >= 11 is 0. The molecule has 0 aliphatic rings. The van der Waals surface area contributed by atoms with Crippen LogP contribution in [0.5, 0.6) is 0 Å². The molecular weight excluding hydrogens is 281 g/mol. The minimum Gasteiger partial charge on any atom is -0.443 e. The molecular formula is C15H11F3N2O. The number of rotatable bonds is 1. The molecule has 0 aliphatic carbocycles. The summed E-state index contributed by atoms with van der Waals surface area (Å²) in [6.45, 7) is 1.80. The van der Waals surface area contributed by atoms with Crippen LogP contribution in [0.2, 0.25) is 0 Å². The highest BCUT2D eigenvalue weighted by Crippen LogP contribution is 2.35. The molecule has 0 unspecified atom stereocenters. The van der Waals surface area contributed by atoms with Crippen LogP contribution in [-0.2, 0) is 6.18 Å². The average Bonchev–Trinajstić information content (AvgIpc) is 2.92. The van der Waals surface area contributed by atoms with Gasteiger partial charge in [0.1, 0.15) is 5.52 Å². The molecule has 3 aromatic rings. The second-order valence-corrected chi connectivity index (χ2v) is 4.74. The van der Waals surface area contributed by atoms with E-state index in [-0.39, 0.29) is 0 Å². The number of fused-ring (bicyclic) bond motifs is 1. The molecule has 0 spiro atoms. The predicted octanol–water partition coefficient (Wildman–Crippen LogP) is 4.40. The maximum atomic E-state index is 12.6. The molecule has 21 heavy (non-hydrogen) atoms. The Morgan fingerprint density at radius 1 is 1.14 bits per heavy atom. The van der Waals surface area contributed by atoms with E-state index in [1.54, 1.807) is 13.0 Å². The van der Waals surface area contributed by atoms with E-state index >= 15 is 0 Å². The van der Waals surface area contributed by atoms with Crippen LogP contribution in [0, 0.1) is 6.92 Å². The summed E-state index contributed by atoms with van der Waals surface area (Å²) in [5.41, 5.74) is 8.88. The van der Waals surface area contributed by atoms with E-state index in [0.717, 1.165) is 17.7 Å². The molecule has 0 aliphatic heterocycles. The van der Waals surface area contributed by atoms with Gasteiger partial charge in [-0.3, -0.25) is 0 Å². The molecule has 2 N–H and O–H groups in total. The third kappa shape index (κ3) is 2.22. The van der Waals surface area contributed by atoms with Crippen molar-refractivity contribution in [2.24, 2.45) is 0 Å². The first kappa shape index (κ1) is 13.5. The summed E-state index contributed by atoms with van der Waals surface area (Å²) in [5.74, 6) is 0. The Morgan fingerprint density at radius 2 is 1.81 bits per heavy atom. The van der Waals surface area contributed by atoms with Gasteiger partial charge < -0.3 is 10.2 Å². The van der Waals surface area contributed by atoms with Crippen molar-refractivity contribution in [2.45, 2.75) is 13.1 Å². The third-order valence-electron chi connectivity index (χ3n) is 3.42. The van der Waals surface area contributed by atoms with Gasteiger partial charge in [-0.1, -0.05) is 12.1 Å². The number of hydrogen-bond donors (Lipinski definition) is 1. The minimum absolute atomic E-state index is 0.508. The number of hydrogen-bond acceptors (Lipinski definition) is 3. The predicted molar refractivity (Wildman–Crippen MR) is 73.6 cm³/mol. The topological polar surface area (TPSA) is 52.0 Å². The summed E-state index contributed by atoms with van der Waals surface area (Å²) in [6, 6.07) is 6.58. The number of nitrogens with two attached hydrogens (primary N) is 1. The second-order valence-electron chi connectivity index (χ2n) is 4.74. The van der Waals surface area contributed by atoms with Gasteiger partial charge in [-0.25, -0.2) is 4.98 Å². The number of benzene rings is 2. The monoisotopic (exact) mass is 292 g/mol. The van der Waals surface area contributed by atoms with Gasteiger partial charge in [0.15, 0.2) is 12.0 Å². The van der Waals surface area contributed by atoms with Crippen molar-refractivity contribution in [2.75, 3.05) is 5.73 Å². The molecule has 6 heteroatoms. The number of aryl methyl sites for hydroxylation is 1. The Morgan fingerprint density at radius 3 is 2.43 bits per heavy atom. The molecule has 3 rings (SSSR count). The van der Waals surface area contributed by atoms with E-state index in [1.165, 1.54) is 18.5 Å². The molecule has 0 fully saturated rings. The summed E-state index contributed by atoms with van der Waals surface area (Å²) in [5, 5.41) is 0. The van der Waals surface area contributed by atoms with Gasteiger partial charge in [0.25, 0.3) is 0 Å². The van der Waals surface area contributed by atoms with Gasteiger partial charge >= 0.3 is 6.18 Å². The van der Waals surface area contributed by atoms with Crippen LogP contribution in [-0.4, -0.2) is 4.98 Å². The summed E-state index contributed by atoms with van der Waals surface area (Å²) in [6.07, 6.45) is -3.06. The summed E-state index contributed by atoms with van der Waals surface area (Å²) < 4.78 is 43.1. The van der Waals surface area contributed by atoms with Gasteiger partial charge in [0, 0.05) is 16.8 Å². The standard InChI is InChI=1S/C15H11F3N2O/c1-8-12(19)6-11(13-14(8)21-7-20-13)9-2-4-10(5-3-9)15(16,17)18/h2-7H,19H2,1H3. The largest absolute Gasteiger partial charge is 0.443 e. The molecule has 3 nitrogen and oxygen atoms in total. The average molecular weight is 292 g/mol. The minimum atomic E-state index is -4.35. The van der Waals surface area contributed by atoms with Crippen LogP contribution in [0.1, 0.15) is 11.1 Å². The Labute approximate surface area is 118 Å². The highest BCUT2D eigenvalue weighted by atomic mass is 19.4. The lowest BCUT2D eigenvalue weighted by atomic mass is 9.99. The molecule has 2 aromatic carbocycles. The number of halogens is 3. The fraction of sp³-hybridized carbons (Fsp3) is 0.133. The van der Waals surface area contributed by atoms with Crippen LogP contribution in [0.3, 0.4) is 0 Å². The third-order valence-corrected chi connectivity index (χ3v) is 3.42. The van der Waals surface area contributed by atoms with Crippen LogP contribution >= 0.6 is 0 Å².